The maximum absolute atomic E-state index is 11.1. The monoisotopic (exact) mass is 212 g/mol. The molecule has 0 radical (unpaired) electrons. The lowest BCUT2D eigenvalue weighted by atomic mass is 10.2. The van der Waals surface area contributed by atoms with Gasteiger partial charge in [-0.15, -0.1) is 0 Å². The first-order valence-corrected chi connectivity index (χ1v) is 5.59. The van der Waals surface area contributed by atoms with E-state index in [9.17, 15) is 8.42 Å². The highest BCUT2D eigenvalue weighted by molar-refractivity contribution is 7.89. The van der Waals surface area contributed by atoms with Gasteiger partial charge in [-0.25, -0.2) is 13.6 Å². The Kier molecular flexibility index (Phi) is 3.40. The van der Waals surface area contributed by atoms with E-state index in [1.807, 2.05) is 0 Å². The molecule has 4 nitrogen and oxygen atoms in total. The van der Waals surface area contributed by atoms with Gasteiger partial charge in [0.15, 0.2) is 0 Å². The molecule has 0 amide bonds. The van der Waals surface area contributed by atoms with E-state index in [4.69, 9.17) is 10.9 Å². The molecule has 5 heteroatoms. The molecule has 76 valence electrons. The van der Waals surface area contributed by atoms with Crippen molar-refractivity contribution in [2.45, 2.75) is 4.90 Å². The summed E-state index contributed by atoms with van der Waals surface area (Å²) in [5, 5.41) is 5.04. The Hall–Kier alpha value is -1.17. The van der Waals surface area contributed by atoms with E-state index in [-0.39, 0.29) is 4.90 Å². The molecule has 0 saturated heterocycles. The zero-order valence-electron chi connectivity index (χ0n) is 7.55. The van der Waals surface area contributed by atoms with Crippen LogP contribution in [0.4, 0.5) is 0 Å². The van der Waals surface area contributed by atoms with Gasteiger partial charge in [0.25, 0.3) is 0 Å². The van der Waals surface area contributed by atoms with Gasteiger partial charge in [0.05, 0.1) is 4.90 Å². The van der Waals surface area contributed by atoms with Gasteiger partial charge in [0, 0.05) is 6.54 Å². The van der Waals surface area contributed by atoms with Gasteiger partial charge in [-0.3, -0.25) is 0 Å². The molecule has 4 N–H and O–H groups in total. The molecule has 0 saturated carbocycles. The fraction of sp³-hybridized carbons (Fsp3) is 0.111. The van der Waals surface area contributed by atoms with Crippen LogP contribution in [0.25, 0.3) is 6.08 Å². The standard InChI is InChI=1S/C9H12N2O2S/c10-7-3-5-8-4-1-2-6-9(8)14(11,12)13/h1-6H,7,10H2,(H2,11,12,13)/b5-3+. The molecule has 0 bridgehead atoms. The van der Waals surface area contributed by atoms with Gasteiger partial charge < -0.3 is 5.73 Å². The van der Waals surface area contributed by atoms with Crippen LogP contribution in [0.3, 0.4) is 0 Å². The first-order chi connectivity index (χ1) is 6.55. The second kappa shape index (κ2) is 4.36. The van der Waals surface area contributed by atoms with Gasteiger partial charge >= 0.3 is 0 Å². The molecule has 0 unspecified atom stereocenters. The number of rotatable bonds is 3. The van der Waals surface area contributed by atoms with Crippen LogP contribution in [0.2, 0.25) is 0 Å². The molecule has 0 atom stereocenters. The topological polar surface area (TPSA) is 86.2 Å². The van der Waals surface area contributed by atoms with Crippen LogP contribution in [0.15, 0.2) is 35.2 Å². The van der Waals surface area contributed by atoms with E-state index >= 15 is 0 Å². The number of sulfonamides is 1. The molecule has 0 fully saturated rings. The molecule has 0 spiro atoms. The average molecular weight is 212 g/mol. The van der Waals surface area contributed by atoms with Crippen LogP contribution in [-0.2, 0) is 10.0 Å². The minimum atomic E-state index is -3.66. The second-order valence-electron chi connectivity index (χ2n) is 2.72. The molecule has 0 aromatic heterocycles. The molecule has 0 heterocycles. The predicted octanol–water partition coefficient (Wildman–Crippen LogP) is 0.306. The highest BCUT2D eigenvalue weighted by atomic mass is 32.2. The van der Waals surface area contributed by atoms with Crippen molar-refractivity contribution in [1.82, 2.24) is 0 Å². The molecule has 1 aromatic rings. The van der Waals surface area contributed by atoms with E-state index in [0.717, 1.165) is 0 Å². The van der Waals surface area contributed by atoms with E-state index in [1.54, 1.807) is 30.4 Å². The molecular weight excluding hydrogens is 200 g/mol. The smallest absolute Gasteiger partial charge is 0.238 e. The van der Waals surface area contributed by atoms with E-state index in [0.29, 0.717) is 12.1 Å². The maximum atomic E-state index is 11.1. The van der Waals surface area contributed by atoms with Crippen molar-refractivity contribution in [3.05, 3.63) is 35.9 Å². The first-order valence-electron chi connectivity index (χ1n) is 4.04. The van der Waals surface area contributed by atoms with Crippen molar-refractivity contribution in [2.24, 2.45) is 10.9 Å². The van der Waals surface area contributed by atoms with Crippen LogP contribution in [0.1, 0.15) is 5.56 Å². The van der Waals surface area contributed by atoms with Crippen molar-refractivity contribution in [3.63, 3.8) is 0 Å². The third-order valence-electron chi connectivity index (χ3n) is 1.66. The van der Waals surface area contributed by atoms with E-state index < -0.39 is 10.0 Å². The van der Waals surface area contributed by atoms with Gasteiger partial charge in [-0.1, -0.05) is 30.4 Å². The SMILES string of the molecule is NC/C=C/c1ccccc1S(N)(=O)=O. The Morgan fingerprint density at radius 3 is 2.50 bits per heavy atom. The highest BCUT2D eigenvalue weighted by Crippen LogP contribution is 2.14. The molecule has 14 heavy (non-hydrogen) atoms. The summed E-state index contributed by atoms with van der Waals surface area (Å²) in [6, 6.07) is 6.50. The number of primary sulfonamides is 1. The van der Waals surface area contributed by atoms with Crippen LogP contribution in [0.5, 0.6) is 0 Å². The first kappa shape index (κ1) is 10.9. The van der Waals surface area contributed by atoms with Crippen molar-refractivity contribution in [1.29, 1.82) is 0 Å². The van der Waals surface area contributed by atoms with Gasteiger partial charge in [-0.05, 0) is 11.6 Å². The second-order valence-corrected chi connectivity index (χ2v) is 4.25. The zero-order valence-corrected chi connectivity index (χ0v) is 8.37. The summed E-state index contributed by atoms with van der Waals surface area (Å²) in [6.07, 6.45) is 3.31. The van der Waals surface area contributed by atoms with Crippen LogP contribution < -0.4 is 10.9 Å². The molecule has 0 aliphatic carbocycles. The fourth-order valence-corrected chi connectivity index (χ4v) is 1.81. The minimum Gasteiger partial charge on any atom is -0.327 e. The molecule has 0 aliphatic heterocycles. The van der Waals surface area contributed by atoms with Crippen LogP contribution in [0, 0.1) is 0 Å². The Balaban J connectivity index is 3.24. The summed E-state index contributed by atoms with van der Waals surface area (Å²) in [7, 11) is -3.66. The Labute approximate surface area is 83.3 Å². The van der Waals surface area contributed by atoms with Gasteiger partial charge in [0.2, 0.25) is 10.0 Å². The number of hydrogen-bond acceptors (Lipinski definition) is 3. The number of nitrogens with two attached hydrogens (primary N) is 2. The number of benzene rings is 1. The van der Waals surface area contributed by atoms with Crippen LogP contribution >= 0.6 is 0 Å². The largest absolute Gasteiger partial charge is 0.327 e. The summed E-state index contributed by atoms with van der Waals surface area (Å²) >= 11 is 0. The number of hydrogen-bond donors (Lipinski definition) is 2. The van der Waals surface area contributed by atoms with Crippen LogP contribution in [-0.4, -0.2) is 15.0 Å². The lowest BCUT2D eigenvalue weighted by molar-refractivity contribution is 0.597. The van der Waals surface area contributed by atoms with Gasteiger partial charge in [-0.2, -0.15) is 0 Å². The average Bonchev–Trinajstić information content (AvgIpc) is 2.14. The van der Waals surface area contributed by atoms with Crippen molar-refractivity contribution < 1.29 is 8.42 Å². The third-order valence-corrected chi connectivity index (χ3v) is 2.64. The normalized spacial score (nSPS) is 12.1. The fourth-order valence-electron chi connectivity index (χ4n) is 1.07. The zero-order chi connectivity index (χ0) is 10.6. The van der Waals surface area contributed by atoms with Crippen molar-refractivity contribution in [2.75, 3.05) is 6.54 Å². The molecule has 1 rings (SSSR count). The summed E-state index contributed by atoms with van der Waals surface area (Å²) in [4.78, 5) is 0.115. The molecule has 0 aliphatic rings. The lowest BCUT2D eigenvalue weighted by Crippen LogP contribution is -2.13. The van der Waals surface area contributed by atoms with Gasteiger partial charge in [0.1, 0.15) is 0 Å². The lowest BCUT2D eigenvalue weighted by Gasteiger charge is -2.02. The Bertz CT molecular complexity index is 438. The quantitative estimate of drug-likeness (QED) is 0.755. The molecular formula is C9H12N2O2S. The summed E-state index contributed by atoms with van der Waals surface area (Å²) in [5.74, 6) is 0. The van der Waals surface area contributed by atoms with E-state index in [2.05, 4.69) is 0 Å². The summed E-state index contributed by atoms with van der Waals surface area (Å²) < 4.78 is 22.3. The summed E-state index contributed by atoms with van der Waals surface area (Å²) in [6.45, 7) is 0.360. The van der Waals surface area contributed by atoms with Crippen molar-refractivity contribution >= 4 is 16.1 Å². The third kappa shape index (κ3) is 2.66. The minimum absolute atomic E-state index is 0.115. The van der Waals surface area contributed by atoms with Crippen molar-refractivity contribution in [3.8, 4) is 0 Å². The predicted molar refractivity (Wildman–Crippen MR) is 55.9 cm³/mol. The molecule has 1 aromatic carbocycles. The maximum Gasteiger partial charge on any atom is 0.238 e. The highest BCUT2D eigenvalue weighted by Gasteiger charge is 2.10. The summed E-state index contributed by atoms with van der Waals surface area (Å²) in [5.41, 5.74) is 5.82. The Morgan fingerprint density at radius 2 is 1.93 bits per heavy atom. The Morgan fingerprint density at radius 1 is 1.29 bits per heavy atom. The van der Waals surface area contributed by atoms with E-state index in [1.165, 1.54) is 6.07 Å².